The molecule has 0 radical (unpaired) electrons. The highest BCUT2D eigenvalue weighted by Crippen LogP contribution is 2.29. The zero-order valence-electron chi connectivity index (χ0n) is 20.3. The third-order valence-corrected chi connectivity index (χ3v) is 6.26. The molecule has 3 aromatic carbocycles. The highest BCUT2D eigenvalue weighted by atomic mass is 19.1. The number of nitrogens with one attached hydrogen (secondary N) is 2. The Morgan fingerprint density at radius 3 is 2.78 bits per heavy atom. The maximum absolute atomic E-state index is 13.8. The van der Waals surface area contributed by atoms with Gasteiger partial charge in [-0.1, -0.05) is 25.1 Å². The van der Waals surface area contributed by atoms with Gasteiger partial charge in [0, 0.05) is 34.7 Å². The van der Waals surface area contributed by atoms with E-state index in [0.717, 1.165) is 44.9 Å². The molecule has 36 heavy (non-hydrogen) atoms. The van der Waals surface area contributed by atoms with E-state index in [4.69, 9.17) is 4.74 Å². The number of aromatic nitrogens is 2. The summed E-state index contributed by atoms with van der Waals surface area (Å²) in [5.74, 6) is 0.0740. The zero-order valence-corrected chi connectivity index (χ0v) is 20.3. The number of amides is 1. The number of hydrogen-bond donors (Lipinski definition) is 2. The number of halogens is 1. The van der Waals surface area contributed by atoms with Crippen LogP contribution < -0.4 is 10.1 Å². The summed E-state index contributed by atoms with van der Waals surface area (Å²) < 4.78 is 19.7. The average Bonchev–Trinajstić information content (AvgIpc) is 3.28. The van der Waals surface area contributed by atoms with Gasteiger partial charge in [-0.2, -0.15) is 0 Å². The topological polar surface area (TPSA) is 67.0 Å². The Balaban J connectivity index is 1.41. The number of pyridine rings is 1. The van der Waals surface area contributed by atoms with E-state index in [1.807, 2.05) is 62.5 Å². The first-order valence-corrected chi connectivity index (χ1v) is 12.2. The second kappa shape index (κ2) is 10.2. The number of rotatable bonds is 8. The minimum atomic E-state index is -0.279. The molecule has 0 spiro atoms. The van der Waals surface area contributed by atoms with Crippen LogP contribution in [0.1, 0.15) is 36.2 Å². The van der Waals surface area contributed by atoms with Crippen LogP contribution in [-0.2, 0) is 6.42 Å². The highest BCUT2D eigenvalue weighted by Gasteiger charge is 2.18. The Morgan fingerprint density at radius 1 is 1.08 bits per heavy atom. The van der Waals surface area contributed by atoms with Gasteiger partial charge in [0.15, 0.2) is 0 Å². The molecule has 5 rings (SSSR count). The van der Waals surface area contributed by atoms with Gasteiger partial charge in [0.25, 0.3) is 5.91 Å². The Kier molecular flexibility index (Phi) is 6.67. The number of carbonyl (C=O) groups is 1. The number of benzene rings is 3. The maximum atomic E-state index is 13.8. The summed E-state index contributed by atoms with van der Waals surface area (Å²) in [6.07, 6.45) is 5.06. The summed E-state index contributed by atoms with van der Waals surface area (Å²) in [6.45, 7) is 4.50. The zero-order chi connectivity index (χ0) is 25.1. The number of carbonyl (C=O) groups excluding carboxylic acids is 1. The largest absolute Gasteiger partial charge is 0.493 e. The SMILES string of the molecule is CCCOc1ccc(-c2ccc3ncccc3c2)cc1C(=O)NC(C)Cc1c[nH]c2ccc(F)cc12. The number of aromatic amines is 1. The van der Waals surface area contributed by atoms with Crippen molar-refractivity contribution in [3.8, 4) is 16.9 Å². The molecule has 0 bridgehead atoms. The number of fused-ring (bicyclic) bond motifs is 2. The fraction of sp³-hybridized carbons (Fsp3) is 0.200. The van der Waals surface area contributed by atoms with E-state index in [2.05, 4.69) is 21.4 Å². The van der Waals surface area contributed by atoms with Crippen molar-refractivity contribution in [3.05, 3.63) is 96.1 Å². The molecular formula is C30H28FN3O2. The molecule has 0 fully saturated rings. The Morgan fingerprint density at radius 2 is 1.92 bits per heavy atom. The molecule has 0 aliphatic heterocycles. The molecule has 1 atom stereocenters. The van der Waals surface area contributed by atoms with Crippen molar-refractivity contribution in [2.75, 3.05) is 6.61 Å². The lowest BCUT2D eigenvalue weighted by Gasteiger charge is -2.17. The average molecular weight is 482 g/mol. The van der Waals surface area contributed by atoms with Crippen molar-refractivity contribution in [1.29, 1.82) is 0 Å². The van der Waals surface area contributed by atoms with Crippen molar-refractivity contribution in [1.82, 2.24) is 15.3 Å². The van der Waals surface area contributed by atoms with Crippen LogP contribution in [0.3, 0.4) is 0 Å². The monoisotopic (exact) mass is 481 g/mol. The van der Waals surface area contributed by atoms with E-state index in [1.54, 1.807) is 12.3 Å². The third kappa shape index (κ3) is 4.93. The van der Waals surface area contributed by atoms with Crippen molar-refractivity contribution in [2.45, 2.75) is 32.7 Å². The Labute approximate surface area is 209 Å². The normalized spacial score (nSPS) is 12.1. The van der Waals surface area contributed by atoms with Crippen molar-refractivity contribution in [2.24, 2.45) is 0 Å². The van der Waals surface area contributed by atoms with Gasteiger partial charge < -0.3 is 15.0 Å². The molecule has 0 aliphatic carbocycles. The number of ether oxygens (including phenoxy) is 1. The fourth-order valence-electron chi connectivity index (χ4n) is 4.48. The Bertz CT molecular complexity index is 1540. The van der Waals surface area contributed by atoms with Crippen LogP contribution in [0.25, 0.3) is 32.9 Å². The molecule has 5 aromatic rings. The van der Waals surface area contributed by atoms with E-state index in [0.29, 0.717) is 24.3 Å². The number of H-pyrrole nitrogens is 1. The molecule has 2 aromatic heterocycles. The second-order valence-corrected chi connectivity index (χ2v) is 9.05. The van der Waals surface area contributed by atoms with Crippen LogP contribution in [0.15, 0.2) is 79.1 Å². The predicted octanol–water partition coefficient (Wildman–Crippen LogP) is 6.67. The van der Waals surface area contributed by atoms with Gasteiger partial charge in [0.05, 0.1) is 17.7 Å². The van der Waals surface area contributed by atoms with E-state index >= 15 is 0 Å². The summed E-state index contributed by atoms with van der Waals surface area (Å²) in [7, 11) is 0. The Hall–Kier alpha value is -4.19. The van der Waals surface area contributed by atoms with E-state index in [1.165, 1.54) is 12.1 Å². The number of nitrogens with zero attached hydrogens (tertiary/aromatic N) is 1. The lowest BCUT2D eigenvalue weighted by atomic mass is 10.00. The van der Waals surface area contributed by atoms with Gasteiger partial charge in [-0.15, -0.1) is 0 Å². The van der Waals surface area contributed by atoms with E-state index in [9.17, 15) is 9.18 Å². The van der Waals surface area contributed by atoms with Gasteiger partial charge >= 0.3 is 0 Å². The first kappa shape index (κ1) is 23.5. The lowest BCUT2D eigenvalue weighted by Crippen LogP contribution is -2.34. The molecule has 2 heterocycles. The van der Waals surface area contributed by atoms with Crippen LogP contribution in [-0.4, -0.2) is 28.5 Å². The van der Waals surface area contributed by atoms with Crippen molar-refractivity contribution >= 4 is 27.7 Å². The molecule has 0 saturated carbocycles. The van der Waals surface area contributed by atoms with Gasteiger partial charge in [0.2, 0.25) is 0 Å². The van der Waals surface area contributed by atoms with Crippen LogP contribution in [0.5, 0.6) is 5.75 Å². The van der Waals surface area contributed by atoms with Gasteiger partial charge in [-0.05, 0) is 85.0 Å². The van der Waals surface area contributed by atoms with Crippen LogP contribution >= 0.6 is 0 Å². The summed E-state index contributed by atoms with van der Waals surface area (Å²) in [4.78, 5) is 21.0. The third-order valence-electron chi connectivity index (χ3n) is 6.26. The fourth-order valence-corrected chi connectivity index (χ4v) is 4.48. The van der Waals surface area contributed by atoms with E-state index < -0.39 is 0 Å². The first-order valence-electron chi connectivity index (χ1n) is 12.2. The van der Waals surface area contributed by atoms with Crippen molar-refractivity contribution < 1.29 is 13.9 Å². The van der Waals surface area contributed by atoms with Crippen LogP contribution in [0.2, 0.25) is 0 Å². The van der Waals surface area contributed by atoms with Crippen LogP contribution in [0, 0.1) is 5.82 Å². The summed E-state index contributed by atoms with van der Waals surface area (Å²) in [5, 5.41) is 4.97. The van der Waals surface area contributed by atoms with Gasteiger partial charge in [0.1, 0.15) is 11.6 Å². The van der Waals surface area contributed by atoms with Gasteiger partial charge in [-0.25, -0.2) is 4.39 Å². The maximum Gasteiger partial charge on any atom is 0.255 e. The lowest BCUT2D eigenvalue weighted by molar-refractivity contribution is 0.0936. The molecule has 0 saturated heterocycles. The highest BCUT2D eigenvalue weighted by molar-refractivity contribution is 5.99. The molecular weight excluding hydrogens is 453 g/mol. The van der Waals surface area contributed by atoms with Gasteiger partial charge in [-0.3, -0.25) is 9.78 Å². The minimum Gasteiger partial charge on any atom is -0.493 e. The smallest absolute Gasteiger partial charge is 0.255 e. The molecule has 0 aliphatic rings. The first-order chi connectivity index (χ1) is 17.5. The molecule has 182 valence electrons. The molecule has 1 amide bonds. The quantitative estimate of drug-likeness (QED) is 0.260. The standard InChI is InChI=1S/C30H28FN3O2/c1-3-13-36-29-11-7-21(20-6-9-27-22(15-20)5-4-12-32-27)16-26(29)30(35)34-19(2)14-23-18-33-28-10-8-24(31)17-25(23)28/h4-12,15-19,33H,3,13-14H2,1-2H3,(H,34,35). The van der Waals surface area contributed by atoms with E-state index in [-0.39, 0.29) is 17.8 Å². The molecule has 1 unspecified atom stereocenters. The summed E-state index contributed by atoms with van der Waals surface area (Å²) in [5.41, 5.74) is 5.17. The van der Waals surface area contributed by atoms with Crippen LogP contribution in [0.4, 0.5) is 4.39 Å². The molecule has 6 heteroatoms. The van der Waals surface area contributed by atoms with Crippen molar-refractivity contribution in [3.63, 3.8) is 0 Å². The second-order valence-electron chi connectivity index (χ2n) is 9.05. The molecule has 2 N–H and O–H groups in total. The molecule has 5 nitrogen and oxygen atoms in total. The minimum absolute atomic E-state index is 0.172. The summed E-state index contributed by atoms with van der Waals surface area (Å²) >= 11 is 0. The predicted molar refractivity (Wildman–Crippen MR) is 142 cm³/mol. The summed E-state index contributed by atoms with van der Waals surface area (Å²) in [6, 6.07) is 20.2. The number of hydrogen-bond acceptors (Lipinski definition) is 3.